The summed E-state index contributed by atoms with van der Waals surface area (Å²) in [5, 5.41) is 0. The summed E-state index contributed by atoms with van der Waals surface area (Å²) in [4.78, 5) is 2.43. The maximum atomic E-state index is 5.40. The maximum absolute atomic E-state index is 5.40. The van der Waals surface area contributed by atoms with Gasteiger partial charge in [0.25, 0.3) is 0 Å². The molecule has 5 nitrogen and oxygen atoms in total. The Bertz CT molecular complexity index is 439. The van der Waals surface area contributed by atoms with E-state index in [-0.39, 0.29) is 0 Å². The van der Waals surface area contributed by atoms with Gasteiger partial charge in [-0.1, -0.05) is 0 Å². The first kappa shape index (κ1) is 15.9. The number of hydrogen-bond acceptors (Lipinski definition) is 5. The zero-order valence-electron chi connectivity index (χ0n) is 13.3. The van der Waals surface area contributed by atoms with Crippen LogP contribution in [-0.2, 0) is 11.3 Å². The summed E-state index contributed by atoms with van der Waals surface area (Å²) in [6.45, 7) is 3.90. The van der Waals surface area contributed by atoms with E-state index in [9.17, 15) is 0 Å². The lowest BCUT2D eigenvalue weighted by Gasteiger charge is -2.19. The Labute approximate surface area is 126 Å². The molecular weight excluding hydrogens is 270 g/mol. The van der Waals surface area contributed by atoms with Crippen molar-refractivity contribution in [3.8, 4) is 17.2 Å². The zero-order chi connectivity index (χ0) is 15.2. The van der Waals surface area contributed by atoms with Crippen LogP contribution in [-0.4, -0.2) is 53.0 Å². The summed E-state index contributed by atoms with van der Waals surface area (Å²) >= 11 is 0. The lowest BCUT2D eigenvalue weighted by molar-refractivity contribution is 0.152. The van der Waals surface area contributed by atoms with E-state index in [1.54, 1.807) is 28.4 Å². The summed E-state index contributed by atoms with van der Waals surface area (Å²) in [5.41, 5.74) is 1.17. The Morgan fingerprint density at radius 2 is 1.71 bits per heavy atom. The van der Waals surface area contributed by atoms with Crippen LogP contribution in [0.1, 0.15) is 12.0 Å². The summed E-state index contributed by atoms with van der Waals surface area (Å²) in [7, 11) is 6.68. The highest BCUT2D eigenvalue weighted by Crippen LogP contribution is 2.38. The van der Waals surface area contributed by atoms with Crippen LogP contribution in [0.25, 0.3) is 0 Å². The quantitative estimate of drug-likeness (QED) is 0.771. The topological polar surface area (TPSA) is 40.2 Å². The van der Waals surface area contributed by atoms with Crippen LogP contribution < -0.4 is 14.2 Å². The highest BCUT2D eigenvalue weighted by Gasteiger charge is 2.23. The number of hydrogen-bond donors (Lipinski definition) is 0. The molecule has 0 unspecified atom stereocenters. The molecule has 1 aromatic carbocycles. The number of nitrogens with zero attached hydrogens (tertiary/aromatic N) is 1. The van der Waals surface area contributed by atoms with Crippen LogP contribution in [0, 0.1) is 5.92 Å². The number of benzene rings is 1. The van der Waals surface area contributed by atoms with Crippen LogP contribution in [0.2, 0.25) is 0 Å². The largest absolute Gasteiger partial charge is 0.493 e. The van der Waals surface area contributed by atoms with Crippen LogP contribution >= 0.6 is 0 Å². The van der Waals surface area contributed by atoms with E-state index in [0.717, 1.165) is 26.2 Å². The first-order valence-corrected chi connectivity index (χ1v) is 7.22. The van der Waals surface area contributed by atoms with Gasteiger partial charge in [0.2, 0.25) is 5.75 Å². The molecule has 1 aromatic rings. The van der Waals surface area contributed by atoms with E-state index in [1.165, 1.54) is 12.0 Å². The maximum Gasteiger partial charge on any atom is 0.203 e. The average molecular weight is 295 g/mol. The van der Waals surface area contributed by atoms with E-state index in [0.29, 0.717) is 23.2 Å². The molecule has 1 atom stereocenters. The Morgan fingerprint density at radius 3 is 2.24 bits per heavy atom. The number of rotatable bonds is 7. The van der Waals surface area contributed by atoms with E-state index < -0.39 is 0 Å². The second-order valence-electron chi connectivity index (χ2n) is 5.38. The highest BCUT2D eigenvalue weighted by molar-refractivity contribution is 5.53. The highest BCUT2D eigenvalue weighted by atomic mass is 16.5. The minimum atomic E-state index is 0.636. The number of likely N-dealkylation sites (tertiary alicyclic amines) is 1. The normalized spacial score (nSPS) is 18.8. The van der Waals surface area contributed by atoms with Crippen molar-refractivity contribution in [2.75, 3.05) is 48.1 Å². The third kappa shape index (κ3) is 3.80. The molecular formula is C16H25NO4. The third-order valence-electron chi connectivity index (χ3n) is 3.90. The van der Waals surface area contributed by atoms with Crippen LogP contribution in [0.5, 0.6) is 17.2 Å². The Morgan fingerprint density at radius 1 is 1.05 bits per heavy atom. The molecule has 5 heteroatoms. The number of ether oxygens (including phenoxy) is 4. The molecule has 0 aliphatic carbocycles. The average Bonchev–Trinajstić information content (AvgIpc) is 2.93. The molecule has 1 heterocycles. The first-order chi connectivity index (χ1) is 10.2. The minimum absolute atomic E-state index is 0.636. The molecule has 1 fully saturated rings. The molecule has 118 valence electrons. The van der Waals surface area contributed by atoms with Crippen molar-refractivity contribution in [2.45, 2.75) is 13.0 Å². The van der Waals surface area contributed by atoms with Gasteiger partial charge in [0.1, 0.15) is 0 Å². The summed E-state index contributed by atoms with van der Waals surface area (Å²) in [6, 6.07) is 4.04. The fourth-order valence-corrected chi connectivity index (χ4v) is 2.91. The van der Waals surface area contributed by atoms with Crippen molar-refractivity contribution < 1.29 is 18.9 Å². The SMILES string of the molecule is COC[C@@H]1CCN(Cc2cc(OC)c(OC)c(OC)c2)C1. The van der Waals surface area contributed by atoms with Gasteiger partial charge in [-0.3, -0.25) is 4.90 Å². The monoisotopic (exact) mass is 295 g/mol. The van der Waals surface area contributed by atoms with Crippen LogP contribution in [0.15, 0.2) is 12.1 Å². The second kappa shape index (κ2) is 7.52. The van der Waals surface area contributed by atoms with Gasteiger partial charge in [0, 0.05) is 20.2 Å². The van der Waals surface area contributed by atoms with E-state index >= 15 is 0 Å². The van der Waals surface area contributed by atoms with Gasteiger partial charge in [-0.25, -0.2) is 0 Å². The standard InChI is InChI=1S/C16H25NO4/c1-18-11-12-5-6-17(9-12)10-13-7-14(19-2)16(21-4)15(8-13)20-3/h7-8,12H,5-6,9-11H2,1-4H3/t12-/m1/s1. The van der Waals surface area contributed by atoms with Crippen molar-refractivity contribution in [1.82, 2.24) is 4.90 Å². The predicted molar refractivity (Wildman–Crippen MR) is 81.4 cm³/mol. The molecule has 2 rings (SSSR count). The first-order valence-electron chi connectivity index (χ1n) is 7.22. The van der Waals surface area contributed by atoms with Crippen molar-refractivity contribution in [2.24, 2.45) is 5.92 Å². The van der Waals surface area contributed by atoms with Gasteiger partial charge in [-0.05, 0) is 36.6 Å². The van der Waals surface area contributed by atoms with Crippen molar-refractivity contribution in [3.63, 3.8) is 0 Å². The van der Waals surface area contributed by atoms with Gasteiger partial charge in [0.15, 0.2) is 11.5 Å². The van der Waals surface area contributed by atoms with Crippen molar-refractivity contribution in [3.05, 3.63) is 17.7 Å². The van der Waals surface area contributed by atoms with Gasteiger partial charge >= 0.3 is 0 Å². The molecule has 0 saturated carbocycles. The summed E-state index contributed by atoms with van der Waals surface area (Å²) in [5.74, 6) is 2.69. The lowest BCUT2D eigenvalue weighted by Crippen LogP contribution is -2.21. The fourth-order valence-electron chi connectivity index (χ4n) is 2.91. The van der Waals surface area contributed by atoms with Gasteiger partial charge in [-0.2, -0.15) is 0 Å². The summed E-state index contributed by atoms with van der Waals surface area (Å²) in [6.07, 6.45) is 1.19. The Hall–Kier alpha value is -1.46. The smallest absolute Gasteiger partial charge is 0.203 e. The molecule has 0 aromatic heterocycles. The zero-order valence-corrected chi connectivity index (χ0v) is 13.3. The molecule has 21 heavy (non-hydrogen) atoms. The molecule has 0 N–H and O–H groups in total. The van der Waals surface area contributed by atoms with Gasteiger partial charge < -0.3 is 18.9 Å². The predicted octanol–water partition coefficient (Wildman–Crippen LogP) is 2.18. The van der Waals surface area contributed by atoms with Gasteiger partial charge in [-0.15, -0.1) is 0 Å². The van der Waals surface area contributed by atoms with E-state index in [1.807, 2.05) is 12.1 Å². The van der Waals surface area contributed by atoms with Crippen molar-refractivity contribution in [1.29, 1.82) is 0 Å². The third-order valence-corrected chi connectivity index (χ3v) is 3.90. The molecule has 1 aliphatic heterocycles. The second-order valence-corrected chi connectivity index (χ2v) is 5.38. The van der Waals surface area contributed by atoms with Gasteiger partial charge in [0.05, 0.1) is 27.9 Å². The minimum Gasteiger partial charge on any atom is -0.493 e. The van der Waals surface area contributed by atoms with E-state index in [4.69, 9.17) is 18.9 Å². The molecule has 1 saturated heterocycles. The molecule has 0 bridgehead atoms. The molecule has 1 aliphatic rings. The Balaban J connectivity index is 2.10. The molecule has 0 radical (unpaired) electrons. The fraction of sp³-hybridized carbons (Fsp3) is 0.625. The lowest BCUT2D eigenvalue weighted by atomic mass is 10.1. The Kier molecular flexibility index (Phi) is 5.70. The van der Waals surface area contributed by atoms with Crippen molar-refractivity contribution >= 4 is 0 Å². The van der Waals surface area contributed by atoms with Crippen LogP contribution in [0.4, 0.5) is 0 Å². The summed E-state index contributed by atoms with van der Waals surface area (Å²) < 4.78 is 21.4. The molecule has 0 spiro atoms. The van der Waals surface area contributed by atoms with E-state index in [2.05, 4.69) is 4.90 Å². The number of methoxy groups -OCH3 is 4. The van der Waals surface area contributed by atoms with Crippen LogP contribution in [0.3, 0.4) is 0 Å². The molecule has 0 amide bonds.